The Kier molecular flexibility index (Phi) is 3.87. The normalized spacial score (nSPS) is 32.2. The molecule has 112 valence electrons. The molecular weight excluding hydrogens is 250 g/mol. The highest BCUT2D eigenvalue weighted by molar-refractivity contribution is 4.99. The van der Waals surface area contributed by atoms with Crippen LogP contribution >= 0.6 is 0 Å². The molecule has 0 aromatic carbocycles. The number of aryl methyl sites for hydroxylation is 1. The van der Waals surface area contributed by atoms with Crippen molar-refractivity contribution in [1.82, 2.24) is 14.5 Å². The molecule has 2 atom stereocenters. The molecule has 0 amide bonds. The van der Waals surface area contributed by atoms with Gasteiger partial charge in [0.05, 0.1) is 5.60 Å². The molecule has 1 N–H and O–H groups in total. The lowest BCUT2D eigenvalue weighted by Crippen LogP contribution is -2.56. The summed E-state index contributed by atoms with van der Waals surface area (Å²) in [5.41, 5.74) is -0.391. The fourth-order valence-electron chi connectivity index (χ4n) is 3.83. The number of aliphatic hydroxyl groups is 1. The van der Waals surface area contributed by atoms with E-state index in [0.29, 0.717) is 11.8 Å². The summed E-state index contributed by atoms with van der Waals surface area (Å²) in [6, 6.07) is 0. The second kappa shape index (κ2) is 5.49. The van der Waals surface area contributed by atoms with Crippen LogP contribution in [0.4, 0.5) is 0 Å². The number of hydrogen-bond acceptors (Lipinski definition) is 3. The second-order valence-electron chi connectivity index (χ2n) is 6.78. The highest BCUT2D eigenvalue weighted by Crippen LogP contribution is 2.44. The molecule has 2 aliphatic rings. The highest BCUT2D eigenvalue weighted by Gasteiger charge is 2.46. The summed E-state index contributed by atoms with van der Waals surface area (Å²) in [6.45, 7) is 5.33. The number of rotatable bonds is 4. The van der Waals surface area contributed by atoms with E-state index in [9.17, 15) is 5.11 Å². The van der Waals surface area contributed by atoms with Gasteiger partial charge in [0, 0.05) is 45.5 Å². The van der Waals surface area contributed by atoms with E-state index < -0.39 is 5.60 Å². The van der Waals surface area contributed by atoms with Crippen LogP contribution in [0.3, 0.4) is 0 Å². The van der Waals surface area contributed by atoms with Crippen molar-refractivity contribution in [2.45, 2.75) is 44.6 Å². The van der Waals surface area contributed by atoms with Gasteiger partial charge in [-0.25, -0.2) is 4.98 Å². The third-order valence-electron chi connectivity index (χ3n) is 5.60. The Balaban J connectivity index is 1.53. The minimum atomic E-state index is -0.391. The second-order valence-corrected chi connectivity index (χ2v) is 6.78. The van der Waals surface area contributed by atoms with E-state index in [1.807, 2.05) is 12.4 Å². The zero-order chi connectivity index (χ0) is 14.2. The Morgan fingerprint density at radius 1 is 1.45 bits per heavy atom. The average molecular weight is 277 g/mol. The van der Waals surface area contributed by atoms with Gasteiger partial charge in [-0.05, 0) is 31.1 Å². The van der Waals surface area contributed by atoms with E-state index in [0.717, 1.165) is 38.3 Å². The first kappa shape index (κ1) is 14.1. The molecular formula is C16H27N3O. The van der Waals surface area contributed by atoms with Crippen LogP contribution in [0, 0.1) is 11.8 Å². The van der Waals surface area contributed by atoms with Gasteiger partial charge in [-0.2, -0.15) is 0 Å². The topological polar surface area (TPSA) is 41.3 Å². The highest BCUT2D eigenvalue weighted by atomic mass is 16.3. The largest absolute Gasteiger partial charge is 0.389 e. The lowest BCUT2D eigenvalue weighted by Gasteiger charge is -2.50. The van der Waals surface area contributed by atoms with Crippen molar-refractivity contribution in [3.8, 4) is 0 Å². The van der Waals surface area contributed by atoms with E-state index in [2.05, 4.69) is 28.4 Å². The van der Waals surface area contributed by atoms with Gasteiger partial charge >= 0.3 is 0 Å². The number of aromatic nitrogens is 2. The van der Waals surface area contributed by atoms with Gasteiger partial charge < -0.3 is 14.6 Å². The molecule has 4 nitrogen and oxygen atoms in total. The zero-order valence-corrected chi connectivity index (χ0v) is 12.8. The summed E-state index contributed by atoms with van der Waals surface area (Å²) in [4.78, 5) is 6.88. The molecule has 1 aromatic heterocycles. The Morgan fingerprint density at radius 2 is 2.25 bits per heavy atom. The number of nitrogens with zero attached hydrogens (tertiary/aromatic N) is 3. The molecule has 0 radical (unpaired) electrons. The maximum absolute atomic E-state index is 10.9. The molecule has 1 aliphatic carbocycles. The Labute approximate surface area is 121 Å². The van der Waals surface area contributed by atoms with Crippen molar-refractivity contribution in [3.05, 3.63) is 18.2 Å². The smallest absolute Gasteiger partial charge is 0.109 e. The summed E-state index contributed by atoms with van der Waals surface area (Å²) in [5.74, 6) is 2.11. The molecule has 20 heavy (non-hydrogen) atoms. The predicted molar refractivity (Wildman–Crippen MR) is 79.4 cm³/mol. The molecule has 1 saturated carbocycles. The first-order valence-electron chi connectivity index (χ1n) is 8.00. The summed E-state index contributed by atoms with van der Waals surface area (Å²) in [6.07, 6.45) is 9.58. The van der Waals surface area contributed by atoms with Gasteiger partial charge in [0.2, 0.25) is 0 Å². The number of hydrogen-bond donors (Lipinski definition) is 1. The molecule has 0 bridgehead atoms. The summed E-state index contributed by atoms with van der Waals surface area (Å²) < 4.78 is 2.10. The molecule has 1 aliphatic heterocycles. The zero-order valence-electron chi connectivity index (χ0n) is 12.8. The van der Waals surface area contributed by atoms with E-state index in [-0.39, 0.29) is 0 Å². The molecule has 4 heteroatoms. The average Bonchev–Trinajstić information content (AvgIpc) is 2.75. The molecule has 2 heterocycles. The Bertz CT molecular complexity index is 454. The maximum Gasteiger partial charge on any atom is 0.109 e. The maximum atomic E-state index is 10.9. The number of piperidine rings is 1. The van der Waals surface area contributed by atoms with Crippen molar-refractivity contribution >= 4 is 0 Å². The lowest BCUT2D eigenvalue weighted by molar-refractivity contribution is -0.127. The molecule has 2 fully saturated rings. The first-order valence-corrected chi connectivity index (χ1v) is 8.00. The molecule has 3 rings (SSSR count). The van der Waals surface area contributed by atoms with Gasteiger partial charge in [0.1, 0.15) is 5.82 Å². The van der Waals surface area contributed by atoms with Gasteiger partial charge in [-0.1, -0.05) is 13.3 Å². The summed E-state index contributed by atoms with van der Waals surface area (Å²) in [5, 5.41) is 10.9. The van der Waals surface area contributed by atoms with E-state index in [4.69, 9.17) is 0 Å². The van der Waals surface area contributed by atoms with E-state index in [1.54, 1.807) is 0 Å². The van der Waals surface area contributed by atoms with Crippen molar-refractivity contribution in [3.63, 3.8) is 0 Å². The van der Waals surface area contributed by atoms with Gasteiger partial charge in [-0.15, -0.1) is 0 Å². The SMILES string of the molecule is C[C@@H]1CN(CCc2nccn2C)CC[C@@]1(O)C1CCC1. The standard InChI is InChI=1S/C16H27N3O/c1-13-12-19(9-6-15-17-8-11-18(15)2)10-7-16(13,20)14-4-3-5-14/h8,11,13-14,20H,3-7,9-10,12H2,1-2H3/t13-,16+/m1/s1. The fraction of sp³-hybridized carbons (Fsp3) is 0.812. The molecule has 1 aromatic rings. The van der Waals surface area contributed by atoms with Crippen LogP contribution in [0.15, 0.2) is 12.4 Å². The Hall–Kier alpha value is -0.870. The monoisotopic (exact) mass is 277 g/mol. The summed E-state index contributed by atoms with van der Waals surface area (Å²) in [7, 11) is 2.05. The van der Waals surface area contributed by atoms with Crippen molar-refractivity contribution in [2.75, 3.05) is 19.6 Å². The minimum Gasteiger partial charge on any atom is -0.389 e. The van der Waals surface area contributed by atoms with Crippen LogP contribution in [-0.4, -0.2) is 44.8 Å². The fourth-order valence-corrected chi connectivity index (χ4v) is 3.83. The van der Waals surface area contributed by atoms with Crippen LogP contribution in [0.2, 0.25) is 0 Å². The van der Waals surface area contributed by atoms with Crippen LogP contribution in [0.25, 0.3) is 0 Å². The Morgan fingerprint density at radius 3 is 2.80 bits per heavy atom. The van der Waals surface area contributed by atoms with Crippen LogP contribution in [0.1, 0.15) is 38.4 Å². The lowest BCUT2D eigenvalue weighted by atomic mass is 9.65. The van der Waals surface area contributed by atoms with Gasteiger partial charge in [0.25, 0.3) is 0 Å². The first-order chi connectivity index (χ1) is 9.59. The van der Waals surface area contributed by atoms with Gasteiger partial charge in [0.15, 0.2) is 0 Å². The molecule has 0 spiro atoms. The van der Waals surface area contributed by atoms with Gasteiger partial charge in [-0.3, -0.25) is 0 Å². The van der Waals surface area contributed by atoms with Crippen molar-refractivity contribution in [2.24, 2.45) is 18.9 Å². The van der Waals surface area contributed by atoms with Crippen LogP contribution in [-0.2, 0) is 13.5 Å². The van der Waals surface area contributed by atoms with Crippen LogP contribution < -0.4 is 0 Å². The molecule has 0 unspecified atom stereocenters. The third-order valence-corrected chi connectivity index (χ3v) is 5.60. The summed E-state index contributed by atoms with van der Waals surface area (Å²) >= 11 is 0. The third kappa shape index (κ3) is 2.51. The van der Waals surface area contributed by atoms with Crippen molar-refractivity contribution < 1.29 is 5.11 Å². The van der Waals surface area contributed by atoms with Crippen molar-refractivity contribution in [1.29, 1.82) is 0 Å². The number of imidazole rings is 1. The predicted octanol–water partition coefficient (Wildman–Crippen LogP) is 1.84. The number of likely N-dealkylation sites (tertiary alicyclic amines) is 1. The van der Waals surface area contributed by atoms with E-state index in [1.165, 1.54) is 19.3 Å². The quantitative estimate of drug-likeness (QED) is 0.913. The molecule has 1 saturated heterocycles. The minimum absolute atomic E-state index is 0.391. The van der Waals surface area contributed by atoms with E-state index >= 15 is 0 Å². The van der Waals surface area contributed by atoms with Crippen LogP contribution in [0.5, 0.6) is 0 Å².